The third-order valence-corrected chi connectivity index (χ3v) is 1.81. The highest BCUT2D eigenvalue weighted by Gasteiger charge is 2.18. The van der Waals surface area contributed by atoms with Gasteiger partial charge in [-0.2, -0.15) is 0 Å². The van der Waals surface area contributed by atoms with E-state index in [1.54, 1.807) is 19.1 Å². The molecule has 0 aliphatic carbocycles. The van der Waals surface area contributed by atoms with Crippen molar-refractivity contribution in [2.24, 2.45) is 0 Å². The third-order valence-electron chi connectivity index (χ3n) is 1.81. The summed E-state index contributed by atoms with van der Waals surface area (Å²) in [5.41, 5.74) is 2.14. The van der Waals surface area contributed by atoms with Gasteiger partial charge in [-0.05, 0) is 19.1 Å². The Balaban J connectivity index is 2.81. The highest BCUT2D eigenvalue weighted by atomic mass is 16.4. The van der Waals surface area contributed by atoms with Crippen LogP contribution in [0.3, 0.4) is 0 Å². The van der Waals surface area contributed by atoms with Crippen LogP contribution in [0.15, 0.2) is 16.5 Å². The van der Waals surface area contributed by atoms with Crippen molar-refractivity contribution in [3.05, 3.63) is 23.3 Å². The predicted molar refractivity (Wildman–Crippen MR) is 39.1 cm³/mol. The van der Waals surface area contributed by atoms with Crippen LogP contribution in [0.2, 0.25) is 0 Å². The molecule has 2 heterocycles. The van der Waals surface area contributed by atoms with Gasteiger partial charge in [-0.15, -0.1) is 0 Å². The van der Waals surface area contributed by atoms with Gasteiger partial charge in [-0.25, -0.2) is 4.79 Å². The van der Waals surface area contributed by atoms with Crippen molar-refractivity contribution >= 4 is 17.1 Å². The summed E-state index contributed by atoms with van der Waals surface area (Å²) in [5.74, 6) is -0.920. The number of furan rings is 2. The molecule has 0 saturated heterocycles. The predicted octanol–water partition coefficient (Wildman–Crippen LogP) is 1.88. The largest absolute Gasteiger partial charge is 0.478 e. The number of benzene rings is 1. The number of aromatic carboxylic acids is 1. The molecule has 2 aromatic heterocycles. The number of hydrogen-bond acceptors (Lipinski definition) is 2. The normalized spacial score (nSPS) is 11.0. The van der Waals surface area contributed by atoms with Crippen LogP contribution in [0.5, 0.6) is 0 Å². The second-order valence-electron chi connectivity index (χ2n) is 2.47. The molecule has 1 N–H and O–H groups in total. The van der Waals surface area contributed by atoms with Gasteiger partial charge in [-0.1, -0.05) is 0 Å². The van der Waals surface area contributed by atoms with Gasteiger partial charge >= 0.3 is 5.97 Å². The van der Waals surface area contributed by atoms with Crippen LogP contribution in [0.1, 0.15) is 15.9 Å². The average Bonchev–Trinajstić information content (AvgIpc) is 2.44. The first-order valence-electron chi connectivity index (χ1n) is 3.25. The van der Waals surface area contributed by atoms with Gasteiger partial charge in [0.25, 0.3) is 0 Å². The van der Waals surface area contributed by atoms with Crippen molar-refractivity contribution in [1.82, 2.24) is 0 Å². The molecule has 0 atom stereocenters. The first-order valence-corrected chi connectivity index (χ1v) is 3.25. The number of carbonyl (C=O) groups is 1. The van der Waals surface area contributed by atoms with Gasteiger partial charge < -0.3 is 9.52 Å². The summed E-state index contributed by atoms with van der Waals surface area (Å²) in [4.78, 5) is 10.6. The molecule has 0 unspecified atom stereocenters. The smallest absolute Gasteiger partial charge is 0.339 e. The summed E-state index contributed by atoms with van der Waals surface area (Å²) in [6.07, 6.45) is 0. The number of hydrogen-bond donors (Lipinski definition) is 1. The van der Waals surface area contributed by atoms with Crippen molar-refractivity contribution in [3.8, 4) is 0 Å². The molecule has 0 spiro atoms. The Kier molecular flexibility index (Phi) is 0.990. The van der Waals surface area contributed by atoms with Crippen LogP contribution in [-0.4, -0.2) is 11.1 Å². The molecular formula is C8H6O3. The van der Waals surface area contributed by atoms with E-state index in [-0.39, 0.29) is 0 Å². The summed E-state index contributed by atoms with van der Waals surface area (Å²) in [5, 5.41) is 8.70. The fraction of sp³-hybridized carbons (Fsp3) is 0.125. The highest BCUT2D eigenvalue weighted by Crippen LogP contribution is 2.27. The lowest BCUT2D eigenvalue weighted by Crippen LogP contribution is -1.96. The number of rotatable bonds is 1. The lowest BCUT2D eigenvalue weighted by Gasteiger charge is -1.90. The van der Waals surface area contributed by atoms with Crippen LogP contribution < -0.4 is 0 Å². The minimum absolute atomic E-state index is 0.294. The molecule has 2 aromatic rings. The molecule has 56 valence electrons. The fourth-order valence-corrected chi connectivity index (χ4v) is 1.25. The Hall–Kier alpha value is -1.51. The number of aryl methyl sites for hydroxylation is 1. The molecule has 0 amide bonds. The van der Waals surface area contributed by atoms with Crippen molar-refractivity contribution < 1.29 is 14.3 Å². The Morgan fingerprint density at radius 1 is 1.45 bits per heavy atom. The molecule has 0 fully saturated rings. The summed E-state index contributed by atoms with van der Waals surface area (Å²) in [6.45, 7) is 1.75. The summed E-state index contributed by atoms with van der Waals surface area (Å²) < 4.78 is 5.13. The second kappa shape index (κ2) is 1.75. The molecule has 0 radical (unpaired) electrons. The van der Waals surface area contributed by atoms with Gasteiger partial charge in [-0.3, -0.25) is 0 Å². The van der Waals surface area contributed by atoms with Gasteiger partial charge in [0, 0.05) is 5.56 Å². The molecule has 0 aromatic carbocycles. The number of carboxylic acid groups (broad SMARTS) is 1. The molecule has 2 rings (SSSR count). The summed E-state index contributed by atoms with van der Waals surface area (Å²) in [7, 11) is 0. The second-order valence-corrected chi connectivity index (χ2v) is 2.47. The lowest BCUT2D eigenvalue weighted by atomic mass is 10.1. The monoisotopic (exact) mass is 150 g/mol. The van der Waals surface area contributed by atoms with E-state index in [4.69, 9.17) is 9.52 Å². The van der Waals surface area contributed by atoms with E-state index in [2.05, 4.69) is 0 Å². The van der Waals surface area contributed by atoms with Crippen molar-refractivity contribution in [1.29, 1.82) is 0 Å². The van der Waals surface area contributed by atoms with E-state index >= 15 is 0 Å². The minimum atomic E-state index is -0.920. The van der Waals surface area contributed by atoms with E-state index in [1.807, 2.05) is 0 Å². The van der Waals surface area contributed by atoms with E-state index in [1.165, 1.54) is 0 Å². The summed E-state index contributed by atoms with van der Waals surface area (Å²) >= 11 is 0. The zero-order chi connectivity index (χ0) is 8.01. The topological polar surface area (TPSA) is 50.4 Å². The fourth-order valence-electron chi connectivity index (χ4n) is 1.25. The minimum Gasteiger partial charge on any atom is -0.478 e. The quantitative estimate of drug-likeness (QED) is 0.675. The van der Waals surface area contributed by atoms with Crippen LogP contribution >= 0.6 is 0 Å². The van der Waals surface area contributed by atoms with Crippen LogP contribution in [0.4, 0.5) is 0 Å². The average molecular weight is 150 g/mol. The van der Waals surface area contributed by atoms with Gasteiger partial charge in [0.05, 0.1) is 0 Å². The lowest BCUT2D eigenvalue weighted by molar-refractivity contribution is 0.0698. The third kappa shape index (κ3) is 0.648. The molecule has 0 aliphatic heterocycles. The van der Waals surface area contributed by atoms with Gasteiger partial charge in [0.1, 0.15) is 16.7 Å². The van der Waals surface area contributed by atoms with E-state index in [0.29, 0.717) is 16.7 Å². The molecule has 3 heteroatoms. The van der Waals surface area contributed by atoms with Gasteiger partial charge in [0.15, 0.2) is 0 Å². The maximum absolute atomic E-state index is 10.6. The Bertz CT molecular complexity index is 399. The maximum Gasteiger partial charge on any atom is 0.339 e. The molecule has 11 heavy (non-hydrogen) atoms. The summed E-state index contributed by atoms with van der Waals surface area (Å²) in [6, 6.07) is 3.45. The first-order chi connectivity index (χ1) is 5.20. The zero-order valence-electron chi connectivity index (χ0n) is 5.92. The first kappa shape index (κ1) is 6.22. The van der Waals surface area contributed by atoms with Crippen molar-refractivity contribution in [2.45, 2.75) is 6.92 Å². The maximum atomic E-state index is 10.6. The SMILES string of the molecule is Cc1c(C(=O)O)c2ccc1o2. The Morgan fingerprint density at radius 3 is 2.45 bits per heavy atom. The van der Waals surface area contributed by atoms with Crippen LogP contribution in [0.25, 0.3) is 11.2 Å². The van der Waals surface area contributed by atoms with Crippen molar-refractivity contribution in [3.63, 3.8) is 0 Å². The van der Waals surface area contributed by atoms with E-state index in [9.17, 15) is 4.79 Å². The number of carboxylic acids is 1. The van der Waals surface area contributed by atoms with E-state index < -0.39 is 5.97 Å². The molecular weight excluding hydrogens is 144 g/mol. The molecule has 0 saturated carbocycles. The molecule has 2 bridgehead atoms. The van der Waals surface area contributed by atoms with Crippen molar-refractivity contribution in [2.75, 3.05) is 0 Å². The number of fused-ring (bicyclic) bond motifs is 2. The van der Waals surface area contributed by atoms with E-state index in [0.717, 1.165) is 5.56 Å². The van der Waals surface area contributed by atoms with Crippen LogP contribution in [-0.2, 0) is 0 Å². The zero-order valence-corrected chi connectivity index (χ0v) is 5.92. The molecule has 0 aliphatic rings. The van der Waals surface area contributed by atoms with Gasteiger partial charge in [0.2, 0.25) is 0 Å². The highest BCUT2D eigenvalue weighted by molar-refractivity contribution is 6.00. The molecule has 3 nitrogen and oxygen atoms in total. The standard InChI is InChI=1S/C8H6O3/c1-4-5-2-3-6(11-5)7(4)8(9)10/h2-3H,1H3,(H,9,10). The Labute approximate surface area is 62.6 Å². The Morgan fingerprint density at radius 2 is 2.09 bits per heavy atom. The van der Waals surface area contributed by atoms with Crippen LogP contribution in [0, 0.1) is 6.92 Å².